The number of aromatic nitrogens is 2. The van der Waals surface area contributed by atoms with Gasteiger partial charge < -0.3 is 5.32 Å². The first-order chi connectivity index (χ1) is 13.4. The van der Waals surface area contributed by atoms with Gasteiger partial charge >= 0.3 is 0 Å². The first-order valence-corrected chi connectivity index (χ1v) is 9.48. The Morgan fingerprint density at radius 2 is 1.86 bits per heavy atom. The highest BCUT2D eigenvalue weighted by Gasteiger charge is 2.08. The number of hydrogen-bond donors (Lipinski definition) is 1. The predicted octanol–water partition coefficient (Wildman–Crippen LogP) is 3.89. The van der Waals surface area contributed by atoms with Gasteiger partial charge in [-0.15, -0.1) is 0 Å². The summed E-state index contributed by atoms with van der Waals surface area (Å²) in [7, 11) is 0. The third-order valence-corrected chi connectivity index (χ3v) is 5.02. The van der Waals surface area contributed by atoms with Gasteiger partial charge in [0.1, 0.15) is 0 Å². The van der Waals surface area contributed by atoms with Crippen LogP contribution < -0.4 is 10.9 Å². The van der Waals surface area contributed by atoms with Crippen LogP contribution in [0.5, 0.6) is 0 Å². The number of aryl methyl sites for hydroxylation is 3. The van der Waals surface area contributed by atoms with Crippen LogP contribution in [0, 0.1) is 13.8 Å². The molecule has 0 spiro atoms. The maximum absolute atomic E-state index is 12.2. The molecule has 2 aromatic carbocycles. The maximum atomic E-state index is 12.2. The van der Waals surface area contributed by atoms with E-state index in [0.717, 1.165) is 16.7 Å². The number of carbonyl (C=O) groups excluding carboxylic acids is 1. The Labute approximate surface area is 169 Å². The number of amides is 1. The Hall–Kier alpha value is -2.92. The lowest BCUT2D eigenvalue weighted by molar-refractivity contribution is -0.121. The number of benzene rings is 2. The Balaban J connectivity index is 1.65. The van der Waals surface area contributed by atoms with Crippen LogP contribution in [0.25, 0.3) is 11.3 Å². The molecule has 1 amide bonds. The predicted molar refractivity (Wildman–Crippen MR) is 111 cm³/mol. The molecule has 1 heterocycles. The fraction of sp³-hybridized carbons (Fsp3) is 0.227. The molecule has 0 bridgehead atoms. The van der Waals surface area contributed by atoms with Gasteiger partial charge in [-0.05, 0) is 48.7 Å². The molecule has 1 N–H and O–H groups in total. The Morgan fingerprint density at radius 3 is 2.61 bits per heavy atom. The van der Waals surface area contributed by atoms with Gasteiger partial charge in [0.15, 0.2) is 0 Å². The zero-order chi connectivity index (χ0) is 20.1. The molecule has 0 unspecified atom stereocenters. The third kappa shape index (κ3) is 4.87. The number of hydrogen-bond acceptors (Lipinski definition) is 3. The summed E-state index contributed by atoms with van der Waals surface area (Å²) >= 11 is 6.09. The lowest BCUT2D eigenvalue weighted by Gasteiger charge is -2.10. The van der Waals surface area contributed by atoms with Crippen LogP contribution in [0.15, 0.2) is 59.4 Å². The normalized spacial score (nSPS) is 10.7. The summed E-state index contributed by atoms with van der Waals surface area (Å²) in [6.45, 7) is 4.66. The molecule has 28 heavy (non-hydrogen) atoms. The Kier molecular flexibility index (Phi) is 6.26. The van der Waals surface area contributed by atoms with Crippen molar-refractivity contribution in [2.24, 2.45) is 0 Å². The van der Waals surface area contributed by atoms with Gasteiger partial charge in [-0.25, -0.2) is 4.68 Å². The topological polar surface area (TPSA) is 64.0 Å². The van der Waals surface area contributed by atoms with E-state index < -0.39 is 0 Å². The highest BCUT2D eigenvalue weighted by Crippen LogP contribution is 2.19. The fourth-order valence-corrected chi connectivity index (χ4v) is 3.00. The molecule has 5 nitrogen and oxygen atoms in total. The molecule has 0 radical (unpaired) electrons. The van der Waals surface area contributed by atoms with Gasteiger partial charge in [0.05, 0.1) is 12.2 Å². The minimum Gasteiger partial charge on any atom is -0.352 e. The molecule has 0 aliphatic heterocycles. The molecule has 6 heteroatoms. The van der Waals surface area contributed by atoms with Gasteiger partial charge in [-0.3, -0.25) is 9.59 Å². The van der Waals surface area contributed by atoms with Gasteiger partial charge in [0.25, 0.3) is 5.56 Å². The quantitative estimate of drug-likeness (QED) is 0.688. The molecule has 0 aliphatic rings. The zero-order valence-electron chi connectivity index (χ0n) is 15.9. The molecule has 1 aromatic heterocycles. The van der Waals surface area contributed by atoms with E-state index in [-0.39, 0.29) is 24.4 Å². The second-order valence-electron chi connectivity index (χ2n) is 6.70. The summed E-state index contributed by atoms with van der Waals surface area (Å²) in [4.78, 5) is 24.3. The van der Waals surface area contributed by atoms with Crippen LogP contribution in [-0.4, -0.2) is 15.7 Å². The van der Waals surface area contributed by atoms with Crippen LogP contribution in [0.1, 0.15) is 23.1 Å². The number of halogens is 1. The van der Waals surface area contributed by atoms with Gasteiger partial charge in [-0.2, -0.15) is 5.10 Å². The van der Waals surface area contributed by atoms with Gasteiger partial charge in [-0.1, -0.05) is 41.9 Å². The van der Waals surface area contributed by atoms with Crippen LogP contribution in [0.3, 0.4) is 0 Å². The van der Waals surface area contributed by atoms with Crippen molar-refractivity contribution in [1.29, 1.82) is 0 Å². The van der Waals surface area contributed by atoms with E-state index >= 15 is 0 Å². The average molecular weight is 396 g/mol. The lowest BCUT2D eigenvalue weighted by atomic mass is 10.0. The molecular formula is C22H22ClN3O2. The summed E-state index contributed by atoms with van der Waals surface area (Å²) in [6, 6.07) is 16.6. The van der Waals surface area contributed by atoms with Crippen LogP contribution >= 0.6 is 11.6 Å². The minimum absolute atomic E-state index is 0.160. The van der Waals surface area contributed by atoms with E-state index in [1.165, 1.54) is 16.3 Å². The molecular weight excluding hydrogens is 374 g/mol. The van der Waals surface area contributed by atoms with E-state index in [1.807, 2.05) is 43.3 Å². The zero-order valence-corrected chi connectivity index (χ0v) is 16.7. The largest absolute Gasteiger partial charge is 0.352 e. The molecule has 0 fully saturated rings. The van der Waals surface area contributed by atoms with Crippen molar-refractivity contribution in [2.75, 3.05) is 0 Å². The molecule has 0 aliphatic carbocycles. The molecule has 0 saturated heterocycles. The summed E-state index contributed by atoms with van der Waals surface area (Å²) in [5.74, 6) is -0.162. The van der Waals surface area contributed by atoms with Crippen LogP contribution in [0.2, 0.25) is 5.02 Å². The van der Waals surface area contributed by atoms with Gasteiger partial charge in [0.2, 0.25) is 5.91 Å². The SMILES string of the molecule is Cc1ccc(-c2ccc(=O)n(CCC(=O)NCc3ccccc3Cl)n2)cc1C. The number of nitrogens with zero attached hydrogens (tertiary/aromatic N) is 2. The highest BCUT2D eigenvalue weighted by atomic mass is 35.5. The number of rotatable bonds is 6. The van der Waals surface area contributed by atoms with Crippen LogP contribution in [-0.2, 0) is 17.9 Å². The molecule has 0 saturated carbocycles. The highest BCUT2D eigenvalue weighted by molar-refractivity contribution is 6.31. The minimum atomic E-state index is -0.230. The second kappa shape index (κ2) is 8.85. The van der Waals surface area contributed by atoms with E-state index in [1.54, 1.807) is 12.1 Å². The van der Waals surface area contributed by atoms with Crippen molar-refractivity contribution in [3.8, 4) is 11.3 Å². The summed E-state index contributed by atoms with van der Waals surface area (Å²) in [5.41, 5.74) is 4.64. The molecule has 3 rings (SSSR count). The van der Waals surface area contributed by atoms with Crippen molar-refractivity contribution in [3.63, 3.8) is 0 Å². The van der Waals surface area contributed by atoms with Gasteiger partial charge in [0, 0.05) is 29.6 Å². The van der Waals surface area contributed by atoms with Crippen molar-refractivity contribution in [3.05, 3.63) is 86.7 Å². The van der Waals surface area contributed by atoms with Crippen molar-refractivity contribution in [1.82, 2.24) is 15.1 Å². The Morgan fingerprint density at radius 1 is 1.07 bits per heavy atom. The van der Waals surface area contributed by atoms with E-state index in [2.05, 4.69) is 17.3 Å². The van der Waals surface area contributed by atoms with Crippen molar-refractivity contribution >= 4 is 17.5 Å². The molecule has 3 aromatic rings. The van der Waals surface area contributed by atoms with Crippen molar-refractivity contribution < 1.29 is 4.79 Å². The monoisotopic (exact) mass is 395 g/mol. The summed E-state index contributed by atoms with van der Waals surface area (Å²) in [6.07, 6.45) is 0.160. The Bertz CT molecular complexity index is 1060. The van der Waals surface area contributed by atoms with E-state index in [4.69, 9.17) is 11.6 Å². The average Bonchev–Trinajstić information content (AvgIpc) is 2.69. The summed E-state index contributed by atoms with van der Waals surface area (Å²) < 4.78 is 1.33. The maximum Gasteiger partial charge on any atom is 0.266 e. The fourth-order valence-electron chi connectivity index (χ4n) is 2.80. The lowest BCUT2D eigenvalue weighted by Crippen LogP contribution is -2.28. The summed E-state index contributed by atoms with van der Waals surface area (Å²) in [5, 5.41) is 7.86. The van der Waals surface area contributed by atoms with E-state index in [0.29, 0.717) is 17.3 Å². The molecule has 144 valence electrons. The smallest absolute Gasteiger partial charge is 0.266 e. The van der Waals surface area contributed by atoms with Crippen LogP contribution in [0.4, 0.5) is 0 Å². The second-order valence-corrected chi connectivity index (χ2v) is 7.10. The van der Waals surface area contributed by atoms with Crippen molar-refractivity contribution in [2.45, 2.75) is 33.4 Å². The first-order valence-electron chi connectivity index (χ1n) is 9.10. The third-order valence-electron chi connectivity index (χ3n) is 4.65. The number of carbonyl (C=O) groups is 1. The first kappa shape index (κ1) is 19.8. The van der Waals surface area contributed by atoms with E-state index in [9.17, 15) is 9.59 Å². The number of nitrogens with one attached hydrogen (secondary N) is 1. The standard InChI is InChI=1S/C22H22ClN3O2/c1-15-7-8-17(13-16(15)2)20-9-10-22(28)26(25-20)12-11-21(27)24-14-18-5-3-4-6-19(18)23/h3-10,13H,11-12,14H2,1-2H3,(H,24,27). The molecule has 0 atom stereocenters.